The van der Waals surface area contributed by atoms with Crippen LogP contribution in [-0.4, -0.2) is 46.7 Å². The molecule has 0 spiro atoms. The van der Waals surface area contributed by atoms with Crippen LogP contribution >= 0.6 is 0 Å². The van der Waals surface area contributed by atoms with E-state index < -0.39 is 0 Å². The van der Waals surface area contributed by atoms with Crippen molar-refractivity contribution in [3.8, 4) is 0 Å². The summed E-state index contributed by atoms with van der Waals surface area (Å²) >= 11 is 0. The van der Waals surface area contributed by atoms with Crippen LogP contribution in [0, 0.1) is 5.92 Å². The summed E-state index contributed by atoms with van der Waals surface area (Å²) in [5.74, 6) is 1.48. The van der Waals surface area contributed by atoms with E-state index >= 15 is 0 Å². The lowest BCUT2D eigenvalue weighted by atomic mass is 9.85. The first-order valence-electron chi connectivity index (χ1n) is 10.4. The summed E-state index contributed by atoms with van der Waals surface area (Å²) in [4.78, 5) is 15.2. The number of aryl methyl sites for hydroxylation is 1. The number of nitrogens with zero attached hydrogens (tertiary/aromatic N) is 2. The molecule has 0 aromatic carbocycles. The second-order valence-electron chi connectivity index (χ2n) is 8.54. The molecule has 4 rings (SSSR count). The van der Waals surface area contributed by atoms with E-state index in [1.54, 1.807) is 6.07 Å². The molecule has 6 nitrogen and oxygen atoms in total. The lowest BCUT2D eigenvalue weighted by Crippen LogP contribution is -2.51. The number of amides is 1. The summed E-state index contributed by atoms with van der Waals surface area (Å²) in [5, 5.41) is 7.10. The van der Waals surface area contributed by atoms with Crippen molar-refractivity contribution in [2.45, 2.75) is 88.9 Å². The predicted octanol–water partition coefficient (Wildman–Crippen LogP) is 2.48. The fourth-order valence-corrected chi connectivity index (χ4v) is 5.21. The van der Waals surface area contributed by atoms with Gasteiger partial charge in [0.05, 0.1) is 0 Å². The monoisotopic (exact) mass is 360 g/mol. The molecule has 0 unspecified atom stereocenters. The molecule has 2 aliphatic heterocycles. The number of rotatable bonds is 5. The van der Waals surface area contributed by atoms with E-state index in [0.717, 1.165) is 30.9 Å². The van der Waals surface area contributed by atoms with Crippen molar-refractivity contribution in [2.75, 3.05) is 6.54 Å². The van der Waals surface area contributed by atoms with Gasteiger partial charge in [0.2, 0.25) is 0 Å². The molecule has 144 valence electrons. The van der Waals surface area contributed by atoms with Crippen LogP contribution in [0.1, 0.15) is 74.5 Å². The molecule has 2 bridgehead atoms. The summed E-state index contributed by atoms with van der Waals surface area (Å²) in [5.41, 5.74) is 6.47. The summed E-state index contributed by atoms with van der Waals surface area (Å²) in [6.45, 7) is 3.22. The second kappa shape index (κ2) is 7.69. The lowest BCUT2D eigenvalue weighted by molar-refractivity contribution is 0.0750. The average molecular weight is 361 g/mol. The van der Waals surface area contributed by atoms with Gasteiger partial charge in [-0.3, -0.25) is 9.69 Å². The molecule has 3 heterocycles. The first-order chi connectivity index (χ1) is 12.6. The zero-order chi connectivity index (χ0) is 18.1. The third-order valence-electron chi connectivity index (χ3n) is 6.72. The minimum Gasteiger partial charge on any atom is -0.361 e. The Morgan fingerprint density at radius 1 is 1.23 bits per heavy atom. The topological polar surface area (TPSA) is 84.4 Å². The number of nitrogens with one attached hydrogen (secondary N) is 1. The molecule has 6 heteroatoms. The Morgan fingerprint density at radius 3 is 2.54 bits per heavy atom. The van der Waals surface area contributed by atoms with Gasteiger partial charge in [-0.05, 0) is 57.3 Å². The molecule has 1 aromatic rings. The van der Waals surface area contributed by atoms with Gasteiger partial charge < -0.3 is 15.6 Å². The van der Waals surface area contributed by atoms with Crippen molar-refractivity contribution >= 4 is 5.91 Å². The number of fused-ring (bicyclic) bond motifs is 2. The van der Waals surface area contributed by atoms with Crippen molar-refractivity contribution in [3.05, 3.63) is 17.5 Å². The average Bonchev–Trinajstić information content (AvgIpc) is 3.20. The van der Waals surface area contributed by atoms with Gasteiger partial charge >= 0.3 is 0 Å². The molecule has 26 heavy (non-hydrogen) atoms. The highest BCUT2D eigenvalue weighted by Crippen LogP contribution is 2.38. The SMILES string of the molecule is CCc1cc(C(=O)N[C@H]2C[C@H]3CC[C@@H](C2)N3C[C@H]2CC[C@@H](N)CC2)no1. The van der Waals surface area contributed by atoms with Gasteiger partial charge in [0.1, 0.15) is 5.76 Å². The van der Waals surface area contributed by atoms with Gasteiger partial charge in [-0.2, -0.15) is 0 Å². The van der Waals surface area contributed by atoms with Crippen molar-refractivity contribution in [1.29, 1.82) is 0 Å². The van der Waals surface area contributed by atoms with Crippen molar-refractivity contribution in [1.82, 2.24) is 15.4 Å². The van der Waals surface area contributed by atoms with Crippen LogP contribution in [0.4, 0.5) is 0 Å². The number of nitrogens with two attached hydrogens (primary N) is 1. The second-order valence-corrected chi connectivity index (χ2v) is 8.54. The van der Waals surface area contributed by atoms with Gasteiger partial charge in [-0.25, -0.2) is 0 Å². The highest BCUT2D eigenvalue weighted by Gasteiger charge is 2.42. The van der Waals surface area contributed by atoms with E-state index in [4.69, 9.17) is 10.3 Å². The van der Waals surface area contributed by atoms with Gasteiger partial charge in [-0.1, -0.05) is 12.1 Å². The third-order valence-corrected chi connectivity index (χ3v) is 6.72. The van der Waals surface area contributed by atoms with Crippen LogP contribution in [0.5, 0.6) is 0 Å². The fourth-order valence-electron chi connectivity index (χ4n) is 5.21. The zero-order valence-corrected chi connectivity index (χ0v) is 15.8. The quantitative estimate of drug-likeness (QED) is 0.843. The summed E-state index contributed by atoms with van der Waals surface area (Å²) in [6.07, 6.45) is 10.4. The van der Waals surface area contributed by atoms with Crippen LogP contribution < -0.4 is 11.1 Å². The molecule has 1 amide bonds. The van der Waals surface area contributed by atoms with E-state index in [1.165, 1.54) is 45.1 Å². The van der Waals surface area contributed by atoms with Crippen LogP contribution in [-0.2, 0) is 6.42 Å². The summed E-state index contributed by atoms with van der Waals surface area (Å²) in [7, 11) is 0. The maximum atomic E-state index is 12.4. The maximum Gasteiger partial charge on any atom is 0.273 e. The fraction of sp³-hybridized carbons (Fsp3) is 0.800. The van der Waals surface area contributed by atoms with Crippen LogP contribution in [0.25, 0.3) is 0 Å². The van der Waals surface area contributed by atoms with Crippen molar-refractivity contribution < 1.29 is 9.32 Å². The molecule has 1 saturated carbocycles. The van der Waals surface area contributed by atoms with Crippen molar-refractivity contribution in [2.24, 2.45) is 11.7 Å². The minimum atomic E-state index is -0.0902. The van der Waals surface area contributed by atoms with E-state index in [9.17, 15) is 4.79 Å². The van der Waals surface area contributed by atoms with E-state index in [2.05, 4.69) is 15.4 Å². The van der Waals surface area contributed by atoms with E-state index in [1.807, 2.05) is 6.92 Å². The molecular weight excluding hydrogens is 328 g/mol. The van der Waals surface area contributed by atoms with E-state index in [-0.39, 0.29) is 11.9 Å². The standard InChI is InChI=1S/C20H32N4O2/c1-2-18-11-19(23-26-18)20(25)22-15-9-16-7-8-17(10-15)24(16)12-13-3-5-14(21)6-4-13/h11,13-17H,2-10,12,21H2,1H3,(H,22,25)/t13-,14+,15-,16+,17-. The third kappa shape index (κ3) is 3.81. The van der Waals surface area contributed by atoms with Gasteiger partial charge in [0.15, 0.2) is 5.69 Å². The molecule has 3 N–H and O–H groups in total. The number of hydrogen-bond acceptors (Lipinski definition) is 5. The van der Waals surface area contributed by atoms with Crippen LogP contribution in [0.15, 0.2) is 10.6 Å². The number of carbonyl (C=O) groups excluding carboxylic acids is 1. The maximum absolute atomic E-state index is 12.4. The first kappa shape index (κ1) is 18.0. The molecule has 1 aromatic heterocycles. The largest absolute Gasteiger partial charge is 0.361 e. The summed E-state index contributed by atoms with van der Waals surface area (Å²) in [6, 6.07) is 3.69. The first-order valence-corrected chi connectivity index (χ1v) is 10.4. The van der Waals surface area contributed by atoms with Crippen LogP contribution in [0.2, 0.25) is 0 Å². The molecule has 0 radical (unpaired) electrons. The smallest absolute Gasteiger partial charge is 0.273 e. The zero-order valence-electron chi connectivity index (χ0n) is 15.8. The summed E-state index contributed by atoms with van der Waals surface area (Å²) < 4.78 is 5.16. The highest BCUT2D eigenvalue weighted by atomic mass is 16.5. The van der Waals surface area contributed by atoms with Gasteiger partial charge in [-0.15, -0.1) is 0 Å². The Kier molecular flexibility index (Phi) is 5.32. The number of hydrogen-bond donors (Lipinski definition) is 2. The molecular formula is C20H32N4O2. The Labute approximate surface area is 155 Å². The number of carbonyl (C=O) groups is 1. The van der Waals surface area contributed by atoms with Crippen LogP contribution in [0.3, 0.4) is 0 Å². The molecule has 2 saturated heterocycles. The number of aromatic nitrogens is 1. The Morgan fingerprint density at radius 2 is 1.92 bits per heavy atom. The lowest BCUT2D eigenvalue weighted by Gasteiger charge is -2.41. The molecule has 3 fully saturated rings. The Bertz CT molecular complexity index is 609. The van der Waals surface area contributed by atoms with Crippen molar-refractivity contribution in [3.63, 3.8) is 0 Å². The number of piperidine rings is 1. The normalized spacial score (nSPS) is 34.8. The van der Waals surface area contributed by atoms with Gasteiger partial charge in [0.25, 0.3) is 5.91 Å². The Hall–Kier alpha value is -1.40. The molecule has 3 atom stereocenters. The molecule has 3 aliphatic rings. The molecule has 1 aliphatic carbocycles. The Balaban J connectivity index is 1.31. The highest BCUT2D eigenvalue weighted by molar-refractivity contribution is 5.92. The minimum absolute atomic E-state index is 0.0902. The van der Waals surface area contributed by atoms with E-state index in [0.29, 0.717) is 23.8 Å². The predicted molar refractivity (Wildman–Crippen MR) is 99.8 cm³/mol. The van der Waals surface area contributed by atoms with Gasteiger partial charge in [0, 0.05) is 43.2 Å².